The molecule has 4 aliphatic heterocycles. The molecule has 2 N–H and O–H groups in total. The molecule has 0 aromatic heterocycles. The molecule has 4 heterocycles. The van der Waals surface area contributed by atoms with Gasteiger partial charge in [0.2, 0.25) is 11.8 Å². The summed E-state index contributed by atoms with van der Waals surface area (Å²) in [5.74, 6) is -1.50. The molecule has 0 aliphatic carbocycles. The molecule has 4 amide bonds. The fraction of sp³-hybridized carbons (Fsp3) is 0.565. The predicted molar refractivity (Wildman–Crippen MR) is 118 cm³/mol. The number of piperazine rings is 1. The Morgan fingerprint density at radius 1 is 1.06 bits per heavy atom. The van der Waals surface area contributed by atoms with Crippen LogP contribution in [0, 0.1) is 0 Å². The Morgan fingerprint density at radius 3 is 2.58 bits per heavy atom. The molecule has 10 nitrogen and oxygen atoms in total. The number of ether oxygens (including phenoxy) is 1. The second kappa shape index (κ2) is 8.85. The smallest absolute Gasteiger partial charge is 0.262 e. The van der Waals surface area contributed by atoms with Gasteiger partial charge in [0.1, 0.15) is 18.4 Å². The number of rotatable bonds is 5. The molecule has 3 atom stereocenters. The first-order chi connectivity index (χ1) is 15.9. The summed E-state index contributed by atoms with van der Waals surface area (Å²) in [7, 11) is 2.11. The van der Waals surface area contributed by atoms with Crippen molar-refractivity contribution in [3.63, 3.8) is 0 Å². The summed E-state index contributed by atoms with van der Waals surface area (Å²) >= 11 is 0. The zero-order valence-electron chi connectivity index (χ0n) is 18.7. The summed E-state index contributed by atoms with van der Waals surface area (Å²) in [4.78, 5) is 55.3. The van der Waals surface area contributed by atoms with Crippen LogP contribution in [0.2, 0.25) is 0 Å². The van der Waals surface area contributed by atoms with Gasteiger partial charge in [-0.05, 0) is 38.1 Å². The maximum atomic E-state index is 13.0. The molecule has 4 aliphatic rings. The Balaban J connectivity index is 1.23. The first-order valence-corrected chi connectivity index (χ1v) is 11.6. The number of carbonyl (C=O) groups is 4. The van der Waals surface area contributed by atoms with Crippen LogP contribution in [0.5, 0.6) is 5.75 Å². The number of nitrogens with zero attached hydrogens (tertiary/aromatic N) is 3. The molecule has 1 unspecified atom stereocenters. The van der Waals surface area contributed by atoms with E-state index in [0.29, 0.717) is 18.4 Å². The van der Waals surface area contributed by atoms with Gasteiger partial charge in [-0.15, -0.1) is 0 Å². The molecular formula is C23H29N5O5. The van der Waals surface area contributed by atoms with Gasteiger partial charge < -0.3 is 10.1 Å². The average Bonchev–Trinajstić information content (AvgIpc) is 3.30. The molecule has 176 valence electrons. The summed E-state index contributed by atoms with van der Waals surface area (Å²) < 4.78 is 6.04. The SMILES string of the molecule is CN1C[C@H](N2CCNCC2)C[C@H]1COc1ccc2c(c1)C(=O)N(C1CCC(=O)NC1=O)C2=O. The topological polar surface area (TPSA) is 111 Å². The number of likely N-dealkylation sites (tertiary alicyclic amines) is 1. The number of benzene rings is 1. The maximum Gasteiger partial charge on any atom is 0.262 e. The van der Waals surface area contributed by atoms with Gasteiger partial charge in [0.15, 0.2) is 0 Å². The van der Waals surface area contributed by atoms with Gasteiger partial charge in [-0.25, -0.2) is 0 Å². The number of carbonyl (C=O) groups excluding carboxylic acids is 4. The molecule has 1 aromatic rings. The van der Waals surface area contributed by atoms with E-state index in [1.807, 2.05) is 0 Å². The lowest BCUT2D eigenvalue weighted by Gasteiger charge is -2.32. The number of hydrogen-bond donors (Lipinski definition) is 2. The van der Waals surface area contributed by atoms with Crippen molar-refractivity contribution >= 4 is 23.6 Å². The van der Waals surface area contributed by atoms with E-state index >= 15 is 0 Å². The quantitative estimate of drug-likeness (QED) is 0.569. The fourth-order valence-electron chi connectivity index (χ4n) is 5.29. The minimum absolute atomic E-state index is 0.0992. The second-order valence-electron chi connectivity index (χ2n) is 9.23. The Kier molecular flexibility index (Phi) is 5.90. The Labute approximate surface area is 192 Å². The normalized spacial score (nSPS) is 28.9. The van der Waals surface area contributed by atoms with Crippen molar-refractivity contribution in [2.75, 3.05) is 46.4 Å². The van der Waals surface area contributed by atoms with E-state index < -0.39 is 23.8 Å². The van der Waals surface area contributed by atoms with E-state index in [9.17, 15) is 19.2 Å². The highest BCUT2D eigenvalue weighted by molar-refractivity contribution is 6.23. The van der Waals surface area contributed by atoms with Crippen LogP contribution in [0.25, 0.3) is 0 Å². The first-order valence-electron chi connectivity index (χ1n) is 11.6. The molecule has 33 heavy (non-hydrogen) atoms. The van der Waals surface area contributed by atoms with E-state index in [1.54, 1.807) is 18.2 Å². The van der Waals surface area contributed by atoms with Gasteiger partial charge >= 0.3 is 0 Å². The minimum Gasteiger partial charge on any atom is -0.492 e. The van der Waals surface area contributed by atoms with Gasteiger partial charge in [-0.2, -0.15) is 0 Å². The first kappa shape index (κ1) is 22.0. The Hall–Kier alpha value is -2.82. The van der Waals surface area contributed by atoms with E-state index in [-0.39, 0.29) is 35.9 Å². The van der Waals surface area contributed by atoms with Crippen molar-refractivity contribution in [3.05, 3.63) is 29.3 Å². The Morgan fingerprint density at radius 2 is 1.82 bits per heavy atom. The van der Waals surface area contributed by atoms with Gasteiger partial charge in [-0.1, -0.05) is 0 Å². The maximum absolute atomic E-state index is 13.0. The van der Waals surface area contributed by atoms with E-state index in [0.717, 1.165) is 44.0 Å². The van der Waals surface area contributed by atoms with Gasteiger partial charge in [0.05, 0.1) is 11.1 Å². The zero-order valence-corrected chi connectivity index (χ0v) is 18.7. The summed E-state index contributed by atoms with van der Waals surface area (Å²) in [6, 6.07) is 4.69. The molecule has 0 saturated carbocycles. The van der Waals surface area contributed by atoms with Crippen LogP contribution in [0.15, 0.2) is 18.2 Å². The zero-order chi connectivity index (χ0) is 23.1. The van der Waals surface area contributed by atoms with Crippen molar-refractivity contribution < 1.29 is 23.9 Å². The van der Waals surface area contributed by atoms with Crippen LogP contribution in [0.1, 0.15) is 40.0 Å². The standard InChI is InChI=1S/C23H29N5O5/c1-26-12-14(27-8-6-24-7-9-27)10-15(26)13-33-16-2-3-17-18(11-16)23(32)28(22(17)31)19-4-5-20(29)25-21(19)30/h2-3,11,14-15,19,24H,4-10,12-13H2,1H3,(H,25,29,30)/t14-,15+,19?/m1/s1. The number of likely N-dealkylation sites (N-methyl/N-ethyl adjacent to an activating group) is 1. The summed E-state index contributed by atoms with van der Waals surface area (Å²) in [6.07, 6.45) is 1.27. The number of fused-ring (bicyclic) bond motifs is 1. The average molecular weight is 456 g/mol. The number of imide groups is 2. The van der Waals surface area contributed by atoms with Gasteiger partial charge in [0.25, 0.3) is 11.8 Å². The molecule has 0 spiro atoms. The highest BCUT2D eigenvalue weighted by Crippen LogP contribution is 2.31. The lowest BCUT2D eigenvalue weighted by Crippen LogP contribution is -2.54. The van der Waals surface area contributed by atoms with Crippen LogP contribution >= 0.6 is 0 Å². The molecule has 5 rings (SSSR count). The highest BCUT2D eigenvalue weighted by Gasteiger charge is 2.44. The number of piperidine rings is 1. The summed E-state index contributed by atoms with van der Waals surface area (Å²) in [5.41, 5.74) is 0.495. The molecular weight excluding hydrogens is 426 g/mol. The molecule has 0 radical (unpaired) electrons. The van der Waals surface area contributed by atoms with Crippen LogP contribution in [-0.2, 0) is 9.59 Å². The monoisotopic (exact) mass is 455 g/mol. The van der Waals surface area contributed by atoms with Crippen molar-refractivity contribution in [2.24, 2.45) is 0 Å². The predicted octanol–water partition coefficient (Wildman–Crippen LogP) is -0.555. The molecule has 10 heteroatoms. The Bertz CT molecular complexity index is 991. The number of nitrogens with one attached hydrogen (secondary N) is 2. The van der Waals surface area contributed by atoms with Crippen molar-refractivity contribution in [1.82, 2.24) is 25.3 Å². The highest BCUT2D eigenvalue weighted by atomic mass is 16.5. The third-order valence-corrected chi connectivity index (χ3v) is 7.19. The van der Waals surface area contributed by atoms with Crippen molar-refractivity contribution in [2.45, 2.75) is 37.4 Å². The third-order valence-electron chi connectivity index (χ3n) is 7.19. The fourth-order valence-corrected chi connectivity index (χ4v) is 5.29. The van der Waals surface area contributed by atoms with Crippen LogP contribution in [0.3, 0.4) is 0 Å². The molecule has 1 aromatic carbocycles. The second-order valence-corrected chi connectivity index (χ2v) is 9.23. The van der Waals surface area contributed by atoms with Gasteiger partial charge in [0, 0.05) is 51.2 Å². The van der Waals surface area contributed by atoms with Crippen LogP contribution in [-0.4, -0.2) is 103 Å². The van der Waals surface area contributed by atoms with E-state index in [4.69, 9.17) is 4.74 Å². The third kappa shape index (κ3) is 4.14. The van der Waals surface area contributed by atoms with Crippen molar-refractivity contribution in [3.8, 4) is 5.75 Å². The molecule has 0 bridgehead atoms. The lowest BCUT2D eigenvalue weighted by atomic mass is 10.0. The summed E-state index contributed by atoms with van der Waals surface area (Å²) in [6.45, 7) is 5.69. The summed E-state index contributed by atoms with van der Waals surface area (Å²) in [5, 5.41) is 5.60. The lowest BCUT2D eigenvalue weighted by molar-refractivity contribution is -0.136. The van der Waals surface area contributed by atoms with Crippen LogP contribution in [0.4, 0.5) is 0 Å². The van der Waals surface area contributed by atoms with E-state index in [1.165, 1.54) is 0 Å². The molecule has 3 fully saturated rings. The largest absolute Gasteiger partial charge is 0.492 e. The molecule has 3 saturated heterocycles. The van der Waals surface area contributed by atoms with Gasteiger partial charge in [-0.3, -0.25) is 39.2 Å². The number of amides is 4. The van der Waals surface area contributed by atoms with Crippen LogP contribution < -0.4 is 15.4 Å². The number of hydrogen-bond acceptors (Lipinski definition) is 8. The van der Waals surface area contributed by atoms with Crippen molar-refractivity contribution in [1.29, 1.82) is 0 Å². The minimum atomic E-state index is -0.964. The van der Waals surface area contributed by atoms with E-state index in [2.05, 4.69) is 27.5 Å².